The van der Waals surface area contributed by atoms with E-state index in [2.05, 4.69) is 30.4 Å². The molecule has 0 amide bonds. The molecule has 1 spiro atoms. The van der Waals surface area contributed by atoms with Crippen LogP contribution in [0, 0.1) is 0 Å². The van der Waals surface area contributed by atoms with E-state index in [1.807, 2.05) is 0 Å². The first-order valence-electron chi connectivity index (χ1n) is 6.25. The van der Waals surface area contributed by atoms with Crippen molar-refractivity contribution >= 4 is 22.8 Å². The average Bonchev–Trinajstić information content (AvgIpc) is 2.84. The van der Waals surface area contributed by atoms with Crippen molar-refractivity contribution in [3.63, 3.8) is 0 Å². The van der Waals surface area contributed by atoms with E-state index in [1.165, 1.54) is 0 Å². The molecule has 2 aliphatic rings. The van der Waals surface area contributed by atoms with Crippen molar-refractivity contribution in [3.8, 4) is 0 Å². The standard InChI is InChI=1S/C11H14N7O.Re/c12-10-15-8-7(3-14-17-8)9(16-10)18-2-1-13-11(4-18)5-19-6-11;/h3,13H,1-2,4-6H2,(H2-,12,14,15,16,17);/q-1;. The van der Waals surface area contributed by atoms with Crippen LogP contribution in [0.4, 0.5) is 11.8 Å². The molecule has 0 aromatic carbocycles. The molecule has 0 atom stereocenters. The summed E-state index contributed by atoms with van der Waals surface area (Å²) < 4.78 is 5.32. The Morgan fingerprint density at radius 2 is 2.25 bits per heavy atom. The maximum absolute atomic E-state index is 5.75. The second-order valence-corrected chi connectivity index (χ2v) is 5.11. The third kappa shape index (κ3) is 2.07. The van der Waals surface area contributed by atoms with Gasteiger partial charge in [-0.25, -0.2) is 4.98 Å². The quantitative estimate of drug-likeness (QED) is 0.560. The van der Waals surface area contributed by atoms with Crippen molar-refractivity contribution < 1.29 is 25.2 Å². The smallest absolute Gasteiger partial charge is 0.139 e. The van der Waals surface area contributed by atoms with Crippen LogP contribution in [0.5, 0.6) is 0 Å². The molecular formula is C11H14N7ORe-. The monoisotopic (exact) mass is 447 g/mol. The zero-order valence-electron chi connectivity index (χ0n) is 10.7. The van der Waals surface area contributed by atoms with Gasteiger partial charge < -0.3 is 30.8 Å². The second-order valence-electron chi connectivity index (χ2n) is 5.11. The summed E-state index contributed by atoms with van der Waals surface area (Å²) >= 11 is 0. The first-order valence-corrected chi connectivity index (χ1v) is 6.25. The average molecular weight is 446 g/mol. The molecule has 107 valence electrons. The fourth-order valence-corrected chi connectivity index (χ4v) is 2.72. The van der Waals surface area contributed by atoms with E-state index in [1.54, 1.807) is 6.20 Å². The largest absolute Gasteiger partial charge is 0.403 e. The molecule has 2 aliphatic heterocycles. The molecule has 0 unspecified atom stereocenters. The summed E-state index contributed by atoms with van der Waals surface area (Å²) in [5.41, 5.74) is 6.36. The summed E-state index contributed by atoms with van der Waals surface area (Å²) in [5, 5.41) is 12.2. The van der Waals surface area contributed by atoms with E-state index in [0.717, 1.165) is 44.1 Å². The van der Waals surface area contributed by atoms with Crippen LogP contribution in [0.25, 0.3) is 11.0 Å². The van der Waals surface area contributed by atoms with Crippen LogP contribution < -0.4 is 21.0 Å². The number of nitrogens with zero attached hydrogens (tertiary/aromatic N) is 5. The normalized spacial score (nSPS) is 20.7. The second kappa shape index (κ2) is 4.93. The number of hydrogen-bond donors (Lipinski definition) is 2. The molecule has 2 fully saturated rings. The van der Waals surface area contributed by atoms with E-state index in [0.29, 0.717) is 5.65 Å². The van der Waals surface area contributed by atoms with Crippen LogP contribution >= 0.6 is 0 Å². The molecule has 4 heterocycles. The molecule has 0 bridgehead atoms. The van der Waals surface area contributed by atoms with Crippen LogP contribution in [0.15, 0.2) is 6.20 Å². The molecule has 8 nitrogen and oxygen atoms in total. The van der Waals surface area contributed by atoms with E-state index < -0.39 is 0 Å². The molecule has 0 saturated carbocycles. The first-order chi connectivity index (χ1) is 9.26. The Morgan fingerprint density at radius 1 is 1.40 bits per heavy atom. The molecule has 2 saturated heterocycles. The van der Waals surface area contributed by atoms with Crippen molar-refractivity contribution in [1.29, 1.82) is 0 Å². The predicted molar refractivity (Wildman–Crippen MR) is 68.8 cm³/mol. The number of rotatable bonds is 1. The van der Waals surface area contributed by atoms with Gasteiger partial charge in [0.05, 0.1) is 18.8 Å². The number of nitrogens with one attached hydrogen (secondary N) is 1. The Labute approximate surface area is 129 Å². The van der Waals surface area contributed by atoms with Gasteiger partial charge >= 0.3 is 0 Å². The van der Waals surface area contributed by atoms with Gasteiger partial charge in [0, 0.05) is 51.6 Å². The molecule has 2 aromatic heterocycles. The van der Waals surface area contributed by atoms with Gasteiger partial charge in [0.25, 0.3) is 0 Å². The summed E-state index contributed by atoms with van der Waals surface area (Å²) in [4.78, 5) is 10.7. The third-order valence-corrected chi connectivity index (χ3v) is 3.69. The zero-order chi connectivity index (χ0) is 12.9. The maximum Gasteiger partial charge on any atom is 0.139 e. The summed E-state index contributed by atoms with van der Waals surface area (Å²) in [6.45, 7) is 4.11. The number of piperazine rings is 1. The molecular weight excluding hydrogens is 432 g/mol. The number of hydrogen-bond acceptors (Lipinski definition) is 7. The van der Waals surface area contributed by atoms with Crippen molar-refractivity contribution in [2.24, 2.45) is 0 Å². The van der Waals surface area contributed by atoms with Crippen LogP contribution in [-0.2, 0) is 25.2 Å². The van der Waals surface area contributed by atoms with Gasteiger partial charge in [-0.05, 0) is 5.65 Å². The molecule has 0 aliphatic carbocycles. The van der Waals surface area contributed by atoms with Gasteiger partial charge in [0.15, 0.2) is 0 Å². The Hall–Kier alpha value is -1.27. The number of nitrogens with two attached hydrogens (primary N) is 1. The molecule has 1 radical (unpaired) electrons. The molecule has 3 N–H and O–H groups in total. The van der Waals surface area contributed by atoms with Crippen LogP contribution in [0.3, 0.4) is 0 Å². The van der Waals surface area contributed by atoms with Crippen molar-refractivity contribution in [1.82, 2.24) is 25.5 Å². The van der Waals surface area contributed by atoms with Crippen LogP contribution in [-0.4, -0.2) is 53.5 Å². The van der Waals surface area contributed by atoms with Gasteiger partial charge in [0.1, 0.15) is 11.8 Å². The molecule has 2 aromatic rings. The number of anilines is 2. The van der Waals surface area contributed by atoms with Crippen molar-refractivity contribution in [2.45, 2.75) is 5.54 Å². The van der Waals surface area contributed by atoms with Crippen LogP contribution in [0.1, 0.15) is 0 Å². The van der Waals surface area contributed by atoms with Gasteiger partial charge in [-0.15, -0.1) is 0 Å². The molecule has 9 heteroatoms. The van der Waals surface area contributed by atoms with Crippen molar-refractivity contribution in [2.75, 3.05) is 43.5 Å². The predicted octanol–water partition coefficient (Wildman–Crippen LogP) is -1.26. The Kier molecular flexibility index (Phi) is 3.38. The van der Waals surface area contributed by atoms with Gasteiger partial charge in [0.2, 0.25) is 0 Å². The summed E-state index contributed by atoms with van der Waals surface area (Å²) in [6, 6.07) is 0. The fourth-order valence-electron chi connectivity index (χ4n) is 2.72. The molecule has 20 heavy (non-hydrogen) atoms. The molecule has 4 rings (SSSR count). The first kappa shape index (κ1) is 13.7. The summed E-state index contributed by atoms with van der Waals surface area (Å²) in [5.74, 6) is 1.06. The Morgan fingerprint density at radius 3 is 3.00 bits per heavy atom. The van der Waals surface area contributed by atoms with Crippen molar-refractivity contribution in [3.05, 3.63) is 6.20 Å². The maximum atomic E-state index is 5.75. The van der Waals surface area contributed by atoms with Gasteiger partial charge in [-0.1, -0.05) is 0 Å². The van der Waals surface area contributed by atoms with Gasteiger partial charge in [-0.2, -0.15) is 0 Å². The fraction of sp³-hybridized carbons (Fsp3) is 0.545. The van der Waals surface area contributed by atoms with Gasteiger partial charge in [-0.3, -0.25) is 5.10 Å². The van der Waals surface area contributed by atoms with E-state index in [9.17, 15) is 0 Å². The summed E-state index contributed by atoms with van der Waals surface area (Å²) in [7, 11) is 0. The minimum Gasteiger partial charge on any atom is -0.403 e. The third-order valence-electron chi connectivity index (χ3n) is 3.69. The number of aromatic nitrogens is 4. The minimum atomic E-state index is 0. The topological polar surface area (TPSA) is 103 Å². The SMILES string of the molecule is Nc1nc(N2CCNC3(COC3)C2)c2cn[n-]c2n1.[Re]. The van der Waals surface area contributed by atoms with Crippen LogP contribution in [0.2, 0.25) is 0 Å². The number of ether oxygens (including phenoxy) is 1. The number of nitrogen functional groups attached to an aromatic ring is 1. The zero-order valence-corrected chi connectivity index (χ0v) is 13.4. The Bertz CT molecular complexity index is 626. The minimum absolute atomic E-state index is 0. The van der Waals surface area contributed by atoms with E-state index >= 15 is 0 Å². The van der Waals surface area contributed by atoms with E-state index in [4.69, 9.17) is 10.5 Å². The number of fused-ring (bicyclic) bond motifs is 1. The summed E-state index contributed by atoms with van der Waals surface area (Å²) in [6.07, 6.45) is 1.69. The Balaban J connectivity index is 0.00000121. The van der Waals surface area contributed by atoms with E-state index in [-0.39, 0.29) is 31.9 Å².